The van der Waals surface area contributed by atoms with Gasteiger partial charge in [-0.05, 0) is 27.2 Å². The van der Waals surface area contributed by atoms with Crippen LogP contribution in [-0.4, -0.2) is 36.2 Å². The van der Waals surface area contributed by atoms with Crippen LogP contribution in [0.4, 0.5) is 0 Å². The summed E-state index contributed by atoms with van der Waals surface area (Å²) >= 11 is 3.39. The number of alkyl halides is 1. The average molecular weight is 314 g/mol. The van der Waals surface area contributed by atoms with Crippen molar-refractivity contribution in [1.29, 1.82) is 0 Å². The van der Waals surface area contributed by atoms with E-state index >= 15 is 0 Å². The quantitative estimate of drug-likeness (QED) is 0.782. The van der Waals surface area contributed by atoms with Crippen LogP contribution in [0.3, 0.4) is 0 Å². The number of carbonyl (C=O) groups is 1. The molecule has 0 heterocycles. The van der Waals surface area contributed by atoms with E-state index in [-0.39, 0.29) is 10.9 Å². The molecule has 0 radical (unpaired) electrons. The summed E-state index contributed by atoms with van der Waals surface area (Å²) in [7, 11) is -3.40. The molecule has 2 atom stereocenters. The Bertz CT molecular complexity index is 349. The number of halogens is 1. The van der Waals surface area contributed by atoms with E-state index in [2.05, 4.69) is 21.2 Å². The fraction of sp³-hybridized carbons (Fsp3) is 0.900. The molecule has 0 saturated carbocycles. The van der Waals surface area contributed by atoms with Crippen LogP contribution >= 0.6 is 15.9 Å². The van der Waals surface area contributed by atoms with Gasteiger partial charge in [-0.25, -0.2) is 8.42 Å². The highest BCUT2D eigenvalue weighted by molar-refractivity contribution is 9.09. The van der Waals surface area contributed by atoms with Gasteiger partial charge >= 0.3 is 0 Å². The van der Waals surface area contributed by atoms with Gasteiger partial charge < -0.3 is 5.32 Å². The molecule has 16 heavy (non-hydrogen) atoms. The van der Waals surface area contributed by atoms with Gasteiger partial charge in [0.25, 0.3) is 0 Å². The summed E-state index contributed by atoms with van der Waals surface area (Å²) in [5.41, 5.74) is 0. The normalized spacial score (nSPS) is 16.6. The van der Waals surface area contributed by atoms with Gasteiger partial charge in [0.1, 0.15) is 4.75 Å². The van der Waals surface area contributed by atoms with Crippen LogP contribution in [0.15, 0.2) is 0 Å². The lowest BCUT2D eigenvalue weighted by molar-refractivity contribution is -0.123. The molecule has 4 nitrogen and oxygen atoms in total. The van der Waals surface area contributed by atoms with Crippen molar-refractivity contribution >= 4 is 31.7 Å². The summed E-state index contributed by atoms with van der Waals surface area (Å²) in [5, 5.41) is 2.71. The van der Waals surface area contributed by atoms with E-state index in [1.165, 1.54) is 13.8 Å². The van der Waals surface area contributed by atoms with E-state index in [1.807, 2.05) is 13.8 Å². The van der Waals surface area contributed by atoms with Crippen LogP contribution in [0.5, 0.6) is 0 Å². The number of amides is 1. The van der Waals surface area contributed by atoms with Gasteiger partial charge in [-0.15, -0.1) is 0 Å². The van der Waals surface area contributed by atoms with Gasteiger partial charge in [0.15, 0.2) is 9.84 Å². The van der Waals surface area contributed by atoms with Crippen molar-refractivity contribution in [2.24, 2.45) is 0 Å². The zero-order valence-corrected chi connectivity index (χ0v) is 12.8. The predicted molar refractivity (Wildman–Crippen MR) is 69.5 cm³/mol. The fourth-order valence-corrected chi connectivity index (χ4v) is 2.07. The Morgan fingerprint density at radius 3 is 2.12 bits per heavy atom. The highest BCUT2D eigenvalue weighted by Crippen LogP contribution is 2.16. The lowest BCUT2D eigenvalue weighted by Crippen LogP contribution is -2.50. The van der Waals surface area contributed by atoms with E-state index < -0.39 is 20.5 Å². The van der Waals surface area contributed by atoms with Gasteiger partial charge in [0, 0.05) is 17.1 Å². The largest absolute Gasteiger partial charge is 0.352 e. The van der Waals surface area contributed by atoms with Crippen molar-refractivity contribution in [1.82, 2.24) is 5.32 Å². The van der Waals surface area contributed by atoms with Crippen molar-refractivity contribution in [2.45, 2.75) is 49.7 Å². The summed E-state index contributed by atoms with van der Waals surface area (Å²) in [6.07, 6.45) is 1.83. The Kier molecular flexibility index (Phi) is 5.46. The molecule has 0 bridgehead atoms. The van der Waals surface area contributed by atoms with Gasteiger partial charge in [0.2, 0.25) is 5.91 Å². The van der Waals surface area contributed by atoms with Gasteiger partial charge in [0.05, 0.1) is 0 Å². The summed E-state index contributed by atoms with van der Waals surface area (Å²) in [6.45, 7) is 6.67. The predicted octanol–water partition coefficient (Wildman–Crippen LogP) is 1.49. The lowest BCUT2D eigenvalue weighted by atomic mass is 10.1. The third-order valence-corrected chi connectivity index (χ3v) is 4.94. The number of carbonyl (C=O) groups excluding carboxylic acids is 1. The van der Waals surface area contributed by atoms with Crippen molar-refractivity contribution in [3.63, 3.8) is 0 Å². The van der Waals surface area contributed by atoms with Gasteiger partial charge in [-0.2, -0.15) is 0 Å². The molecule has 0 aromatic carbocycles. The van der Waals surface area contributed by atoms with Crippen molar-refractivity contribution in [3.8, 4) is 0 Å². The first-order valence-electron chi connectivity index (χ1n) is 5.13. The van der Waals surface area contributed by atoms with Crippen LogP contribution in [0.2, 0.25) is 0 Å². The third kappa shape index (κ3) is 4.41. The Hall–Kier alpha value is -0.100. The molecule has 0 aromatic rings. The molecule has 1 N–H and O–H groups in total. The van der Waals surface area contributed by atoms with E-state index in [9.17, 15) is 13.2 Å². The molecule has 0 spiro atoms. The SMILES string of the molecule is CC(Br)CC(C)NC(=O)C(C)(C)S(C)(=O)=O. The molecule has 0 fully saturated rings. The molecule has 96 valence electrons. The minimum Gasteiger partial charge on any atom is -0.352 e. The molecule has 0 saturated heterocycles. The zero-order chi connectivity index (χ0) is 13.1. The maximum atomic E-state index is 11.8. The van der Waals surface area contributed by atoms with Crippen molar-refractivity contribution in [3.05, 3.63) is 0 Å². The third-order valence-electron chi connectivity index (χ3n) is 2.53. The zero-order valence-electron chi connectivity index (χ0n) is 10.4. The number of hydrogen-bond acceptors (Lipinski definition) is 3. The second kappa shape index (κ2) is 5.49. The molecule has 0 aromatic heterocycles. The minimum absolute atomic E-state index is 0.0529. The van der Waals surface area contributed by atoms with E-state index in [1.54, 1.807) is 0 Å². The molecular formula is C10H20BrNO3S. The molecule has 1 amide bonds. The topological polar surface area (TPSA) is 63.2 Å². The summed E-state index contributed by atoms with van der Waals surface area (Å²) in [5.74, 6) is -0.448. The Morgan fingerprint density at radius 2 is 1.81 bits per heavy atom. The maximum Gasteiger partial charge on any atom is 0.241 e. The Labute approximate surface area is 106 Å². The molecule has 0 aliphatic heterocycles. The van der Waals surface area contributed by atoms with Crippen LogP contribution in [0.1, 0.15) is 34.1 Å². The molecular weight excluding hydrogens is 294 g/mol. The molecule has 2 unspecified atom stereocenters. The Morgan fingerprint density at radius 1 is 1.38 bits per heavy atom. The highest BCUT2D eigenvalue weighted by Gasteiger charge is 2.38. The fourth-order valence-electron chi connectivity index (χ4n) is 1.11. The number of rotatable bonds is 5. The molecule has 0 rings (SSSR count). The number of sulfone groups is 1. The summed E-state index contributed by atoms with van der Waals surface area (Å²) in [4.78, 5) is 12.1. The summed E-state index contributed by atoms with van der Waals surface area (Å²) < 4.78 is 21.5. The molecule has 0 aliphatic carbocycles. The van der Waals surface area contributed by atoms with E-state index in [0.29, 0.717) is 0 Å². The van der Waals surface area contributed by atoms with Gasteiger partial charge in [-0.1, -0.05) is 22.9 Å². The first kappa shape index (κ1) is 15.9. The van der Waals surface area contributed by atoms with Crippen LogP contribution in [0.25, 0.3) is 0 Å². The van der Waals surface area contributed by atoms with Crippen LogP contribution in [0, 0.1) is 0 Å². The number of nitrogens with one attached hydrogen (secondary N) is 1. The highest BCUT2D eigenvalue weighted by atomic mass is 79.9. The van der Waals surface area contributed by atoms with Gasteiger partial charge in [-0.3, -0.25) is 4.79 Å². The molecule has 6 heteroatoms. The van der Waals surface area contributed by atoms with Crippen molar-refractivity contribution < 1.29 is 13.2 Å². The van der Waals surface area contributed by atoms with Crippen LogP contribution < -0.4 is 5.32 Å². The smallest absolute Gasteiger partial charge is 0.241 e. The van der Waals surface area contributed by atoms with E-state index in [0.717, 1.165) is 12.7 Å². The standard InChI is InChI=1S/C10H20BrNO3S/c1-7(11)6-8(2)12-9(13)10(3,4)16(5,14)15/h7-8H,6H2,1-5H3,(H,12,13). The first-order valence-corrected chi connectivity index (χ1v) is 7.94. The second-order valence-corrected chi connectivity index (χ2v) is 8.80. The number of hydrogen-bond donors (Lipinski definition) is 1. The second-order valence-electron chi connectivity index (χ2n) is 4.67. The average Bonchev–Trinajstić information content (AvgIpc) is 1.99. The van der Waals surface area contributed by atoms with Crippen LogP contribution in [-0.2, 0) is 14.6 Å². The molecule has 0 aliphatic rings. The maximum absolute atomic E-state index is 11.8. The first-order chi connectivity index (χ1) is 6.98. The van der Waals surface area contributed by atoms with E-state index in [4.69, 9.17) is 0 Å². The summed E-state index contributed by atoms with van der Waals surface area (Å²) in [6, 6.07) is -0.0529. The lowest BCUT2D eigenvalue weighted by Gasteiger charge is -2.24. The van der Waals surface area contributed by atoms with Crippen molar-refractivity contribution in [2.75, 3.05) is 6.26 Å². The monoisotopic (exact) mass is 313 g/mol. The minimum atomic E-state index is -3.40. The Balaban J connectivity index is 4.60.